The normalized spacial score (nSPS) is 19.0. The Morgan fingerprint density at radius 3 is 2.49 bits per heavy atom. The molecule has 2 amide bonds. The summed E-state index contributed by atoms with van der Waals surface area (Å²) in [7, 11) is 0. The number of aromatic nitrogens is 3. The van der Waals surface area contributed by atoms with E-state index in [1.807, 2.05) is 36.4 Å². The van der Waals surface area contributed by atoms with Crippen molar-refractivity contribution in [3.8, 4) is 11.4 Å². The maximum atomic E-state index is 13.7. The number of benzene rings is 1. The van der Waals surface area contributed by atoms with Gasteiger partial charge in [-0.3, -0.25) is 9.59 Å². The average molecular weight is 583 g/mol. The third kappa shape index (κ3) is 5.51. The summed E-state index contributed by atoms with van der Waals surface area (Å²) in [5.74, 6) is 1.26. The summed E-state index contributed by atoms with van der Waals surface area (Å²) in [6.45, 7) is 2.96. The van der Waals surface area contributed by atoms with E-state index in [0.29, 0.717) is 43.3 Å². The standard InChI is InChI=1S/C33H38N6O4/c40-31(23-8-10-28-27(20-23)36-30(24-12-17-43-22-24)39(28)26-6-2-1-3-7-26)37-33(13-4-5-14-33)32(41)35-25-9-11-29(34-21-25)38-15-18-42-19-16-38/h8-12,17,20-22,26H,1-7,13-16,18-19H2,(H,35,41)(H,37,40). The Labute approximate surface area is 250 Å². The van der Waals surface area contributed by atoms with Crippen molar-refractivity contribution in [2.45, 2.75) is 69.4 Å². The molecule has 3 fully saturated rings. The Morgan fingerprint density at radius 2 is 1.77 bits per heavy atom. The molecule has 2 saturated carbocycles. The van der Waals surface area contributed by atoms with Crippen molar-refractivity contribution in [3.63, 3.8) is 0 Å². The summed E-state index contributed by atoms with van der Waals surface area (Å²) < 4.78 is 13.1. The molecule has 3 aliphatic rings. The van der Waals surface area contributed by atoms with Crippen LogP contribution in [0.5, 0.6) is 0 Å². The summed E-state index contributed by atoms with van der Waals surface area (Å²) >= 11 is 0. The summed E-state index contributed by atoms with van der Waals surface area (Å²) in [6, 6.07) is 11.8. The first-order valence-corrected chi connectivity index (χ1v) is 15.6. The first-order valence-electron chi connectivity index (χ1n) is 15.6. The smallest absolute Gasteiger partial charge is 0.252 e. The Hall–Kier alpha value is -4.18. The number of carbonyl (C=O) groups is 2. The quantitative estimate of drug-likeness (QED) is 0.287. The molecule has 2 aliphatic carbocycles. The topological polar surface area (TPSA) is 115 Å². The van der Waals surface area contributed by atoms with Crippen molar-refractivity contribution in [2.24, 2.45) is 0 Å². The third-order valence-corrected chi connectivity index (χ3v) is 9.26. The molecule has 224 valence electrons. The van der Waals surface area contributed by atoms with Crippen LogP contribution in [0.25, 0.3) is 22.4 Å². The fourth-order valence-electron chi connectivity index (χ4n) is 6.91. The zero-order chi connectivity index (χ0) is 29.2. The predicted octanol–water partition coefficient (Wildman–Crippen LogP) is 5.71. The monoisotopic (exact) mass is 582 g/mol. The molecule has 0 bridgehead atoms. The summed E-state index contributed by atoms with van der Waals surface area (Å²) in [4.78, 5) is 39.0. The van der Waals surface area contributed by atoms with Crippen LogP contribution >= 0.6 is 0 Å². The summed E-state index contributed by atoms with van der Waals surface area (Å²) in [5.41, 5.74) is 2.85. The zero-order valence-electron chi connectivity index (χ0n) is 24.4. The first-order chi connectivity index (χ1) is 21.1. The molecule has 1 saturated heterocycles. The van der Waals surface area contributed by atoms with Crippen LogP contribution in [-0.2, 0) is 9.53 Å². The lowest BCUT2D eigenvalue weighted by Crippen LogP contribution is -2.55. The number of furan rings is 1. The van der Waals surface area contributed by atoms with Crippen LogP contribution in [0.1, 0.15) is 74.2 Å². The van der Waals surface area contributed by atoms with Gasteiger partial charge in [-0.25, -0.2) is 9.97 Å². The molecular weight excluding hydrogens is 544 g/mol. The van der Waals surface area contributed by atoms with Gasteiger partial charge in [0.2, 0.25) is 5.91 Å². The number of anilines is 2. The molecule has 2 N–H and O–H groups in total. The van der Waals surface area contributed by atoms with Gasteiger partial charge < -0.3 is 29.3 Å². The van der Waals surface area contributed by atoms with Gasteiger partial charge in [0.1, 0.15) is 23.4 Å². The maximum absolute atomic E-state index is 13.7. The molecule has 1 aliphatic heterocycles. The average Bonchev–Trinajstić information content (AvgIpc) is 3.83. The maximum Gasteiger partial charge on any atom is 0.252 e. The molecule has 10 nitrogen and oxygen atoms in total. The van der Waals surface area contributed by atoms with E-state index in [0.717, 1.165) is 67.0 Å². The van der Waals surface area contributed by atoms with Crippen LogP contribution in [-0.4, -0.2) is 58.2 Å². The van der Waals surface area contributed by atoms with Crippen molar-refractivity contribution in [1.29, 1.82) is 0 Å². The molecule has 7 rings (SSSR count). The van der Waals surface area contributed by atoms with Gasteiger partial charge in [-0.15, -0.1) is 0 Å². The van der Waals surface area contributed by atoms with E-state index in [1.54, 1.807) is 18.7 Å². The van der Waals surface area contributed by atoms with Crippen LogP contribution < -0.4 is 15.5 Å². The minimum absolute atomic E-state index is 0.204. The number of hydrogen-bond acceptors (Lipinski definition) is 7. The van der Waals surface area contributed by atoms with Gasteiger partial charge in [0.15, 0.2) is 0 Å². The molecule has 3 aromatic heterocycles. The number of pyridine rings is 1. The molecule has 1 aromatic carbocycles. The van der Waals surface area contributed by atoms with Gasteiger partial charge in [-0.1, -0.05) is 32.1 Å². The number of ether oxygens (including phenoxy) is 1. The lowest BCUT2D eigenvalue weighted by molar-refractivity contribution is -0.122. The van der Waals surface area contributed by atoms with E-state index in [4.69, 9.17) is 14.1 Å². The molecule has 0 unspecified atom stereocenters. The van der Waals surface area contributed by atoms with E-state index >= 15 is 0 Å². The number of rotatable bonds is 7. The summed E-state index contributed by atoms with van der Waals surface area (Å²) in [5, 5.41) is 6.15. The van der Waals surface area contributed by atoms with E-state index < -0.39 is 5.54 Å². The molecule has 4 aromatic rings. The molecular formula is C33H38N6O4. The van der Waals surface area contributed by atoms with Crippen molar-refractivity contribution in [1.82, 2.24) is 19.9 Å². The second-order valence-electron chi connectivity index (χ2n) is 12.0. The summed E-state index contributed by atoms with van der Waals surface area (Å²) in [6.07, 6.45) is 13.9. The highest BCUT2D eigenvalue weighted by Gasteiger charge is 2.42. The minimum Gasteiger partial charge on any atom is -0.472 e. The molecule has 0 radical (unpaired) electrons. The van der Waals surface area contributed by atoms with Crippen LogP contribution in [0.2, 0.25) is 0 Å². The highest BCUT2D eigenvalue weighted by atomic mass is 16.5. The van der Waals surface area contributed by atoms with Crippen LogP contribution in [0.3, 0.4) is 0 Å². The molecule has 0 spiro atoms. The van der Waals surface area contributed by atoms with E-state index in [1.165, 1.54) is 19.3 Å². The van der Waals surface area contributed by atoms with Gasteiger partial charge in [-0.05, 0) is 62.1 Å². The number of amides is 2. The van der Waals surface area contributed by atoms with Gasteiger partial charge in [0.25, 0.3) is 5.91 Å². The molecule has 10 heteroatoms. The van der Waals surface area contributed by atoms with E-state index in [9.17, 15) is 9.59 Å². The van der Waals surface area contributed by atoms with Crippen LogP contribution in [0.4, 0.5) is 11.5 Å². The second-order valence-corrected chi connectivity index (χ2v) is 12.0. The van der Waals surface area contributed by atoms with Crippen molar-refractivity contribution in [3.05, 3.63) is 60.7 Å². The molecule has 0 atom stereocenters. The third-order valence-electron chi connectivity index (χ3n) is 9.26. The lowest BCUT2D eigenvalue weighted by atomic mass is 9.94. The van der Waals surface area contributed by atoms with Gasteiger partial charge in [-0.2, -0.15) is 0 Å². The lowest BCUT2D eigenvalue weighted by Gasteiger charge is -2.29. The molecule has 4 heterocycles. The number of nitrogens with zero attached hydrogens (tertiary/aromatic N) is 4. The van der Waals surface area contributed by atoms with Gasteiger partial charge in [0.05, 0.1) is 48.0 Å². The Balaban J connectivity index is 1.11. The van der Waals surface area contributed by atoms with E-state index in [-0.39, 0.29) is 11.8 Å². The Bertz CT molecular complexity index is 1580. The van der Waals surface area contributed by atoms with Gasteiger partial charge in [0, 0.05) is 24.7 Å². The fourth-order valence-corrected chi connectivity index (χ4v) is 6.91. The number of fused-ring (bicyclic) bond motifs is 1. The fraction of sp³-hybridized carbons (Fsp3) is 0.455. The first kappa shape index (κ1) is 27.6. The van der Waals surface area contributed by atoms with Crippen molar-refractivity contribution < 1.29 is 18.7 Å². The van der Waals surface area contributed by atoms with Gasteiger partial charge >= 0.3 is 0 Å². The van der Waals surface area contributed by atoms with Crippen molar-refractivity contribution in [2.75, 3.05) is 36.5 Å². The number of imidazole rings is 1. The number of morpholine rings is 1. The number of carbonyl (C=O) groups excluding carboxylic acids is 2. The van der Waals surface area contributed by atoms with Crippen LogP contribution in [0.15, 0.2) is 59.5 Å². The predicted molar refractivity (Wildman–Crippen MR) is 164 cm³/mol. The number of hydrogen-bond donors (Lipinski definition) is 2. The van der Waals surface area contributed by atoms with Crippen molar-refractivity contribution >= 4 is 34.4 Å². The SMILES string of the molecule is O=C(NC1(C(=O)Nc2ccc(N3CCOCC3)nc2)CCCC1)c1ccc2c(c1)nc(-c1ccoc1)n2C1CCCCC1. The molecule has 43 heavy (non-hydrogen) atoms. The number of nitrogens with one attached hydrogen (secondary N) is 2. The zero-order valence-corrected chi connectivity index (χ0v) is 24.4. The Kier molecular flexibility index (Phi) is 7.61. The second kappa shape index (κ2) is 11.8. The largest absolute Gasteiger partial charge is 0.472 e. The minimum atomic E-state index is -0.974. The Morgan fingerprint density at radius 1 is 0.953 bits per heavy atom. The highest BCUT2D eigenvalue weighted by Crippen LogP contribution is 2.37. The van der Waals surface area contributed by atoms with E-state index in [2.05, 4.69) is 25.1 Å². The highest BCUT2D eigenvalue weighted by molar-refractivity contribution is 6.05. The van der Waals surface area contributed by atoms with Crippen LogP contribution in [0, 0.1) is 0 Å².